The second kappa shape index (κ2) is 10.5. The highest BCUT2D eigenvalue weighted by molar-refractivity contribution is 4.79. The van der Waals surface area contributed by atoms with E-state index < -0.39 is 51.7 Å². The van der Waals surface area contributed by atoms with E-state index in [1.165, 1.54) is 7.05 Å². The fraction of sp³-hybridized carbons (Fsp3) is 1.00. The van der Waals surface area contributed by atoms with Gasteiger partial charge in [-0.1, -0.05) is 0 Å². The van der Waals surface area contributed by atoms with Gasteiger partial charge in [0.15, 0.2) is 6.10 Å². The van der Waals surface area contributed by atoms with Crippen LogP contribution in [0.2, 0.25) is 0 Å². The summed E-state index contributed by atoms with van der Waals surface area (Å²) in [5, 5.41) is 38.8. The molecule has 0 spiro atoms. The first-order valence-corrected chi connectivity index (χ1v) is 6.02. The predicted molar refractivity (Wildman–Crippen MR) is 67.1 cm³/mol. The van der Waals surface area contributed by atoms with E-state index in [4.69, 9.17) is 0 Å². The van der Waals surface area contributed by atoms with E-state index >= 15 is 0 Å². The molecular formula is C7H13N5O12. The van der Waals surface area contributed by atoms with Gasteiger partial charge in [0.2, 0.25) is 0 Å². The Morgan fingerprint density at radius 2 is 1.33 bits per heavy atom. The van der Waals surface area contributed by atoms with Crippen molar-refractivity contribution < 1.29 is 39.7 Å². The maximum Gasteiger partial charge on any atom is 0.294 e. The summed E-state index contributed by atoms with van der Waals surface area (Å²) in [6, 6.07) is 0. The van der Waals surface area contributed by atoms with Crippen LogP contribution >= 0.6 is 0 Å². The molecule has 17 nitrogen and oxygen atoms in total. The molecule has 3 atom stereocenters. The quantitative estimate of drug-likeness (QED) is 0.276. The maximum atomic E-state index is 10.5. The lowest BCUT2D eigenvalue weighted by atomic mass is 10.1. The molecule has 0 aromatic heterocycles. The third-order valence-electron chi connectivity index (χ3n) is 2.39. The van der Waals surface area contributed by atoms with Crippen LogP contribution < -0.4 is 5.32 Å². The molecule has 0 fully saturated rings. The van der Waals surface area contributed by atoms with Gasteiger partial charge in [-0.3, -0.25) is 0 Å². The molecule has 1 N–H and O–H groups in total. The van der Waals surface area contributed by atoms with Crippen LogP contribution in [0.15, 0.2) is 0 Å². The van der Waals surface area contributed by atoms with Crippen LogP contribution in [0, 0.1) is 40.5 Å². The van der Waals surface area contributed by atoms with Gasteiger partial charge in [0.1, 0.15) is 12.2 Å². The number of nitrogens with zero attached hydrogens (tertiary/aromatic N) is 4. The van der Waals surface area contributed by atoms with Crippen molar-refractivity contribution in [2.24, 2.45) is 0 Å². The standard InChI is InChI=1S/C7H13N5O12/c1-8-4-6(23-11(17)18)7(24-12(19)20)5(22-10(15)16)2-3-21-9(13)14/h5-8H,2-4H2,1H3. The maximum absolute atomic E-state index is 10.5. The number of hydrogen-bond acceptors (Lipinski definition) is 13. The molecule has 0 amide bonds. The van der Waals surface area contributed by atoms with Gasteiger partial charge in [0, 0.05) is 6.54 Å². The van der Waals surface area contributed by atoms with Gasteiger partial charge < -0.3 is 24.7 Å². The minimum atomic E-state index is -1.95. The smallest absolute Gasteiger partial charge is 0.294 e. The summed E-state index contributed by atoms with van der Waals surface area (Å²) in [6.07, 6.45) is -6.07. The Morgan fingerprint density at radius 3 is 1.75 bits per heavy atom. The molecule has 0 aliphatic heterocycles. The van der Waals surface area contributed by atoms with Gasteiger partial charge in [-0.05, 0) is 13.5 Å². The minimum absolute atomic E-state index is 0.382. The van der Waals surface area contributed by atoms with Crippen molar-refractivity contribution in [1.82, 2.24) is 5.32 Å². The molecular weight excluding hydrogens is 346 g/mol. The molecule has 3 unspecified atom stereocenters. The van der Waals surface area contributed by atoms with Crippen LogP contribution in [0.4, 0.5) is 0 Å². The van der Waals surface area contributed by atoms with Crippen molar-refractivity contribution in [3.05, 3.63) is 40.5 Å². The Bertz CT molecular complexity index is 459. The van der Waals surface area contributed by atoms with Crippen LogP contribution in [0.1, 0.15) is 6.42 Å². The van der Waals surface area contributed by atoms with Crippen molar-refractivity contribution in [1.29, 1.82) is 0 Å². The molecule has 0 bridgehead atoms. The van der Waals surface area contributed by atoms with Crippen LogP contribution in [0.25, 0.3) is 0 Å². The molecule has 0 saturated heterocycles. The van der Waals surface area contributed by atoms with Crippen LogP contribution in [-0.4, -0.2) is 58.9 Å². The van der Waals surface area contributed by atoms with Gasteiger partial charge in [0.05, 0.1) is 6.61 Å². The summed E-state index contributed by atoms with van der Waals surface area (Å²) in [4.78, 5) is 58.1. The summed E-state index contributed by atoms with van der Waals surface area (Å²) < 4.78 is 0. The third-order valence-corrected chi connectivity index (χ3v) is 2.39. The van der Waals surface area contributed by atoms with Crippen LogP contribution in [-0.2, 0) is 19.4 Å². The van der Waals surface area contributed by atoms with Crippen molar-refractivity contribution in [2.45, 2.75) is 24.7 Å². The fourth-order valence-electron chi connectivity index (χ4n) is 1.63. The molecule has 0 aromatic rings. The van der Waals surface area contributed by atoms with E-state index in [-0.39, 0.29) is 6.54 Å². The summed E-state index contributed by atoms with van der Waals surface area (Å²) >= 11 is 0. The highest BCUT2D eigenvalue weighted by atomic mass is 17.0. The molecule has 0 rings (SSSR count). The molecule has 0 heterocycles. The molecule has 24 heavy (non-hydrogen) atoms. The van der Waals surface area contributed by atoms with Gasteiger partial charge in [0.25, 0.3) is 20.3 Å². The molecule has 0 saturated carbocycles. The van der Waals surface area contributed by atoms with Crippen molar-refractivity contribution >= 4 is 0 Å². The monoisotopic (exact) mass is 359 g/mol. The molecule has 0 aliphatic rings. The van der Waals surface area contributed by atoms with Gasteiger partial charge in [-0.25, -0.2) is 0 Å². The largest absolute Gasteiger partial charge is 0.317 e. The van der Waals surface area contributed by atoms with E-state index in [1.54, 1.807) is 0 Å². The van der Waals surface area contributed by atoms with Gasteiger partial charge in [-0.15, -0.1) is 40.5 Å². The summed E-state index contributed by atoms with van der Waals surface area (Å²) in [7, 11) is 1.32. The van der Waals surface area contributed by atoms with Gasteiger partial charge >= 0.3 is 0 Å². The zero-order valence-corrected chi connectivity index (χ0v) is 12.0. The number of nitrogens with one attached hydrogen (secondary N) is 1. The second-order valence-electron chi connectivity index (χ2n) is 3.93. The minimum Gasteiger partial charge on any atom is -0.317 e. The molecule has 0 aromatic carbocycles. The van der Waals surface area contributed by atoms with E-state index in [2.05, 4.69) is 24.7 Å². The average molecular weight is 359 g/mol. The second-order valence-corrected chi connectivity index (χ2v) is 3.93. The zero-order chi connectivity index (χ0) is 18.7. The van der Waals surface area contributed by atoms with E-state index in [1.807, 2.05) is 0 Å². The third kappa shape index (κ3) is 8.92. The first-order valence-electron chi connectivity index (χ1n) is 6.02. The Morgan fingerprint density at radius 1 is 0.833 bits per heavy atom. The van der Waals surface area contributed by atoms with Crippen molar-refractivity contribution in [3.8, 4) is 0 Å². The summed E-state index contributed by atoms with van der Waals surface area (Å²) in [5.41, 5.74) is 0. The topological polar surface area (TPSA) is 222 Å². The Kier molecular flexibility index (Phi) is 9.07. The lowest BCUT2D eigenvalue weighted by Gasteiger charge is -2.28. The zero-order valence-electron chi connectivity index (χ0n) is 12.0. The lowest BCUT2D eigenvalue weighted by molar-refractivity contribution is -0.817. The number of rotatable bonds is 14. The van der Waals surface area contributed by atoms with E-state index in [0.717, 1.165) is 0 Å². The highest BCUT2D eigenvalue weighted by Gasteiger charge is 2.37. The highest BCUT2D eigenvalue weighted by Crippen LogP contribution is 2.16. The molecule has 0 radical (unpaired) electrons. The fourth-order valence-corrected chi connectivity index (χ4v) is 1.63. The van der Waals surface area contributed by atoms with Crippen molar-refractivity contribution in [3.63, 3.8) is 0 Å². The summed E-state index contributed by atoms with van der Waals surface area (Å²) in [5.74, 6) is 0. The van der Waals surface area contributed by atoms with Gasteiger partial charge in [-0.2, -0.15) is 0 Å². The Balaban J connectivity index is 5.34. The number of likely N-dealkylation sites (N-methyl/N-ethyl adjacent to an activating group) is 1. The van der Waals surface area contributed by atoms with Crippen molar-refractivity contribution in [2.75, 3.05) is 20.2 Å². The molecule has 0 aliphatic carbocycles. The number of hydrogen-bond donors (Lipinski definition) is 1. The first kappa shape index (κ1) is 20.8. The van der Waals surface area contributed by atoms with E-state index in [0.29, 0.717) is 0 Å². The average Bonchev–Trinajstić information content (AvgIpc) is 2.42. The summed E-state index contributed by atoms with van der Waals surface area (Å²) in [6.45, 7) is -1.12. The lowest BCUT2D eigenvalue weighted by Crippen LogP contribution is -2.49. The van der Waals surface area contributed by atoms with Crippen LogP contribution in [0.5, 0.6) is 0 Å². The SMILES string of the molecule is CNCC(O[N+](=O)[O-])C(O[N+](=O)[O-])C(CCO[N+](=O)[O-])O[N+](=O)[O-]. The Hall–Kier alpha value is -3.24. The van der Waals surface area contributed by atoms with E-state index in [9.17, 15) is 40.5 Å². The molecule has 138 valence electrons. The Labute approximate surface area is 131 Å². The predicted octanol–water partition coefficient (Wildman–Crippen LogP) is -1.47. The molecule has 17 heteroatoms. The normalized spacial score (nSPS) is 13.9. The van der Waals surface area contributed by atoms with Crippen LogP contribution in [0.3, 0.4) is 0 Å². The first-order chi connectivity index (χ1) is 11.2.